The molecular formula is C17H32NO4+. The first-order valence-corrected chi connectivity index (χ1v) is 8.03. The summed E-state index contributed by atoms with van der Waals surface area (Å²) in [5.41, 5.74) is -1.79. The number of rotatable bonds is 12. The van der Waals surface area contributed by atoms with Crippen molar-refractivity contribution in [2.75, 3.05) is 27.7 Å². The van der Waals surface area contributed by atoms with E-state index in [0.29, 0.717) is 10.9 Å². The fourth-order valence-corrected chi connectivity index (χ4v) is 2.47. The number of carbonyl (C=O) groups excluding carboxylic acids is 1. The number of carbonyl (C=O) groups is 2. The molecule has 0 fully saturated rings. The van der Waals surface area contributed by atoms with Crippen molar-refractivity contribution >= 4 is 11.8 Å². The van der Waals surface area contributed by atoms with E-state index in [1.807, 2.05) is 27.2 Å². The van der Waals surface area contributed by atoms with Crippen molar-refractivity contribution in [2.24, 2.45) is 0 Å². The van der Waals surface area contributed by atoms with Crippen LogP contribution in [0.4, 0.5) is 0 Å². The van der Waals surface area contributed by atoms with Crippen molar-refractivity contribution in [1.82, 2.24) is 0 Å². The number of nitrogens with zero attached hydrogens (tertiary/aromatic N) is 1. The summed E-state index contributed by atoms with van der Waals surface area (Å²) in [6, 6.07) is 0. The van der Waals surface area contributed by atoms with Gasteiger partial charge in [0.2, 0.25) is 0 Å². The highest BCUT2D eigenvalue weighted by Crippen LogP contribution is 2.19. The molecule has 22 heavy (non-hydrogen) atoms. The molecule has 0 radical (unpaired) electrons. The Hall–Kier alpha value is -1.20. The number of carboxylic acid groups (broad SMARTS) is 1. The summed E-state index contributed by atoms with van der Waals surface area (Å²) in [7, 11) is 5.48. The average molecular weight is 314 g/mol. The predicted molar refractivity (Wildman–Crippen MR) is 87.6 cm³/mol. The topological polar surface area (TPSA) is 74.6 Å². The molecule has 0 aliphatic rings. The minimum atomic E-state index is -1.79. The lowest BCUT2D eigenvalue weighted by molar-refractivity contribution is -0.875. The summed E-state index contributed by atoms with van der Waals surface area (Å²) < 4.78 is 0.336. The molecule has 1 unspecified atom stereocenters. The number of Topliss-reactive ketones (excluding diaryl/α,β-unsaturated/α-hetero) is 1. The lowest BCUT2D eigenvalue weighted by Gasteiger charge is -2.33. The third kappa shape index (κ3) is 9.68. The van der Waals surface area contributed by atoms with Crippen molar-refractivity contribution in [2.45, 2.75) is 57.5 Å². The van der Waals surface area contributed by atoms with Crippen LogP contribution in [0.5, 0.6) is 0 Å². The normalized spacial score (nSPS) is 15.0. The molecular weight excluding hydrogens is 282 g/mol. The van der Waals surface area contributed by atoms with Crippen LogP contribution in [0, 0.1) is 0 Å². The molecule has 2 N–H and O–H groups in total. The molecule has 0 rings (SSSR count). The molecule has 5 heteroatoms. The summed E-state index contributed by atoms with van der Waals surface area (Å²) in [5, 5.41) is 19.4. The second-order valence-electron chi connectivity index (χ2n) is 6.98. The van der Waals surface area contributed by atoms with Gasteiger partial charge in [-0.3, -0.25) is 9.59 Å². The van der Waals surface area contributed by atoms with Crippen molar-refractivity contribution in [3.8, 4) is 0 Å². The molecule has 0 amide bonds. The zero-order chi connectivity index (χ0) is 17.2. The van der Waals surface area contributed by atoms with Crippen LogP contribution in [-0.2, 0) is 9.59 Å². The van der Waals surface area contributed by atoms with Crippen LogP contribution in [0.2, 0.25) is 0 Å². The minimum absolute atomic E-state index is 0.0956. The van der Waals surface area contributed by atoms with Gasteiger partial charge in [-0.15, -0.1) is 0 Å². The lowest BCUT2D eigenvalue weighted by atomic mass is 9.90. The van der Waals surface area contributed by atoms with Crippen LogP contribution in [0.15, 0.2) is 12.2 Å². The van der Waals surface area contributed by atoms with E-state index in [-0.39, 0.29) is 18.7 Å². The maximum absolute atomic E-state index is 12.3. The highest BCUT2D eigenvalue weighted by Gasteiger charge is 2.42. The minimum Gasteiger partial charge on any atom is -0.481 e. The average Bonchev–Trinajstić information content (AvgIpc) is 2.34. The molecule has 0 saturated heterocycles. The van der Waals surface area contributed by atoms with Crippen molar-refractivity contribution in [3.63, 3.8) is 0 Å². The van der Waals surface area contributed by atoms with Crippen LogP contribution in [0.25, 0.3) is 0 Å². The molecule has 0 aliphatic carbocycles. The quantitative estimate of drug-likeness (QED) is 0.329. The van der Waals surface area contributed by atoms with Gasteiger partial charge in [-0.05, 0) is 19.3 Å². The standard InChI is InChI=1S/C17H31NO4/c1-5-6-7-8-9-10-11-12-15(19)17(22,13-16(20)21)14-18(2,3)4/h9-10,22H,5-8,11-14H2,1-4H3/p+1. The van der Waals surface area contributed by atoms with E-state index in [0.717, 1.165) is 12.8 Å². The number of hydrogen-bond acceptors (Lipinski definition) is 3. The Balaban J connectivity index is 4.49. The van der Waals surface area contributed by atoms with E-state index in [4.69, 9.17) is 5.11 Å². The Morgan fingerprint density at radius 2 is 1.68 bits per heavy atom. The monoisotopic (exact) mass is 314 g/mol. The third-order valence-corrected chi connectivity index (χ3v) is 3.38. The molecule has 5 nitrogen and oxygen atoms in total. The summed E-state index contributed by atoms with van der Waals surface area (Å²) >= 11 is 0. The van der Waals surface area contributed by atoms with E-state index in [9.17, 15) is 14.7 Å². The van der Waals surface area contributed by atoms with Crippen LogP contribution in [-0.4, -0.2) is 59.7 Å². The Kier molecular flexibility index (Phi) is 9.21. The van der Waals surface area contributed by atoms with Crippen molar-refractivity contribution in [1.29, 1.82) is 0 Å². The highest BCUT2D eigenvalue weighted by molar-refractivity contribution is 5.91. The number of quaternary nitrogens is 1. The molecule has 128 valence electrons. The largest absolute Gasteiger partial charge is 0.481 e. The molecule has 0 spiro atoms. The van der Waals surface area contributed by atoms with Gasteiger partial charge in [0.15, 0.2) is 11.4 Å². The molecule has 0 aliphatic heterocycles. The smallest absolute Gasteiger partial charge is 0.306 e. The first-order valence-electron chi connectivity index (χ1n) is 8.03. The van der Waals surface area contributed by atoms with Crippen LogP contribution in [0.1, 0.15) is 51.9 Å². The molecule has 0 bridgehead atoms. The van der Waals surface area contributed by atoms with Crippen molar-refractivity contribution < 1.29 is 24.3 Å². The Bertz CT molecular complexity index is 385. The number of hydrogen-bond donors (Lipinski definition) is 2. The Morgan fingerprint density at radius 1 is 1.09 bits per heavy atom. The van der Waals surface area contributed by atoms with Gasteiger partial charge in [-0.1, -0.05) is 31.9 Å². The van der Waals surface area contributed by atoms with Gasteiger partial charge in [0.05, 0.1) is 27.6 Å². The SMILES string of the molecule is CCCCCC=CCCC(=O)C(O)(CC(=O)O)C[N+](C)(C)C. The summed E-state index contributed by atoms with van der Waals surface area (Å²) in [6.07, 6.45) is 8.70. The molecule has 0 saturated carbocycles. The number of aliphatic carboxylic acids is 1. The van der Waals surface area contributed by atoms with E-state index >= 15 is 0 Å². The summed E-state index contributed by atoms with van der Waals surface area (Å²) in [4.78, 5) is 23.2. The fraction of sp³-hybridized carbons (Fsp3) is 0.765. The maximum Gasteiger partial charge on any atom is 0.306 e. The van der Waals surface area contributed by atoms with Crippen LogP contribution >= 0.6 is 0 Å². The number of aliphatic hydroxyl groups is 1. The highest BCUT2D eigenvalue weighted by atomic mass is 16.4. The predicted octanol–water partition coefficient (Wildman–Crippen LogP) is 2.38. The first-order chi connectivity index (χ1) is 10.1. The fourth-order valence-electron chi connectivity index (χ4n) is 2.47. The van der Waals surface area contributed by atoms with Gasteiger partial charge < -0.3 is 14.7 Å². The van der Waals surface area contributed by atoms with E-state index in [1.54, 1.807) is 0 Å². The molecule has 0 aromatic carbocycles. The second-order valence-corrected chi connectivity index (χ2v) is 6.98. The van der Waals surface area contributed by atoms with Crippen LogP contribution < -0.4 is 0 Å². The van der Waals surface area contributed by atoms with Gasteiger partial charge in [-0.25, -0.2) is 0 Å². The first kappa shape index (κ1) is 20.8. The van der Waals surface area contributed by atoms with Gasteiger partial charge in [-0.2, -0.15) is 0 Å². The second kappa shape index (κ2) is 9.74. The number of carboxylic acids is 1. The Labute approximate surface area is 134 Å². The Morgan fingerprint density at radius 3 is 2.18 bits per heavy atom. The van der Waals surface area contributed by atoms with E-state index in [2.05, 4.69) is 13.0 Å². The molecule has 0 heterocycles. The van der Waals surface area contributed by atoms with Gasteiger partial charge >= 0.3 is 5.97 Å². The van der Waals surface area contributed by atoms with E-state index in [1.165, 1.54) is 12.8 Å². The molecule has 0 aromatic rings. The van der Waals surface area contributed by atoms with Gasteiger partial charge in [0.25, 0.3) is 0 Å². The number of allylic oxidation sites excluding steroid dienone is 2. The third-order valence-electron chi connectivity index (χ3n) is 3.38. The van der Waals surface area contributed by atoms with Crippen molar-refractivity contribution in [3.05, 3.63) is 12.2 Å². The lowest BCUT2D eigenvalue weighted by Crippen LogP contribution is -2.54. The van der Waals surface area contributed by atoms with Gasteiger partial charge in [0, 0.05) is 6.42 Å². The number of unbranched alkanes of at least 4 members (excludes halogenated alkanes) is 3. The summed E-state index contributed by atoms with van der Waals surface area (Å²) in [6.45, 7) is 2.25. The number of ketones is 1. The number of likely N-dealkylation sites (N-methyl/N-ethyl adjacent to an activating group) is 1. The van der Waals surface area contributed by atoms with E-state index < -0.39 is 18.0 Å². The maximum atomic E-state index is 12.3. The summed E-state index contributed by atoms with van der Waals surface area (Å²) in [5.74, 6) is -1.54. The zero-order valence-electron chi connectivity index (χ0n) is 14.5. The van der Waals surface area contributed by atoms with Crippen LogP contribution in [0.3, 0.4) is 0 Å². The molecule has 0 aromatic heterocycles. The molecule has 1 atom stereocenters. The zero-order valence-corrected chi connectivity index (χ0v) is 14.5. The van der Waals surface area contributed by atoms with Gasteiger partial charge in [0.1, 0.15) is 6.54 Å².